The van der Waals surface area contributed by atoms with Crippen LogP contribution in [0.4, 0.5) is 0 Å². The lowest BCUT2D eigenvalue weighted by molar-refractivity contribution is -0.121. The molecule has 0 heterocycles. The molecule has 1 saturated carbocycles. The molecule has 92 valence electrons. The van der Waals surface area contributed by atoms with Crippen molar-refractivity contribution in [3.05, 3.63) is 34.3 Å². The molecule has 1 aliphatic carbocycles. The van der Waals surface area contributed by atoms with E-state index in [1.165, 1.54) is 0 Å². The first-order valence-electron chi connectivity index (χ1n) is 5.82. The van der Waals surface area contributed by atoms with E-state index in [1.54, 1.807) is 0 Å². The molecule has 0 bridgehead atoms. The Morgan fingerprint density at radius 1 is 1.47 bits per heavy atom. The number of benzene rings is 1. The monoisotopic (exact) mass is 297 g/mol. The zero-order chi connectivity index (χ0) is 12.3. The molecule has 0 radical (unpaired) electrons. The van der Waals surface area contributed by atoms with Crippen LogP contribution in [-0.4, -0.2) is 23.7 Å². The van der Waals surface area contributed by atoms with Crippen LogP contribution in [0.5, 0.6) is 0 Å². The minimum atomic E-state index is -0.151. The fourth-order valence-electron chi connectivity index (χ4n) is 2.02. The maximum Gasteiger partial charge on any atom is 0.224 e. The lowest BCUT2D eigenvalue weighted by Gasteiger charge is -2.31. The highest BCUT2D eigenvalue weighted by Crippen LogP contribution is 2.26. The molecular formula is C13H16BrNO2. The Labute approximate surface area is 109 Å². The van der Waals surface area contributed by atoms with Crippen molar-refractivity contribution >= 4 is 21.8 Å². The fourth-order valence-corrected chi connectivity index (χ4v) is 2.47. The summed E-state index contributed by atoms with van der Waals surface area (Å²) in [5, 5.41) is 12.0. The van der Waals surface area contributed by atoms with Crippen molar-refractivity contribution < 1.29 is 9.90 Å². The predicted molar refractivity (Wildman–Crippen MR) is 69.6 cm³/mol. The van der Waals surface area contributed by atoms with Gasteiger partial charge in [0.2, 0.25) is 5.91 Å². The molecule has 1 amide bonds. The minimum Gasteiger partial charge on any atom is -0.393 e. The number of aliphatic hydroxyl groups is 1. The zero-order valence-electron chi connectivity index (χ0n) is 9.53. The molecule has 3 nitrogen and oxygen atoms in total. The molecule has 1 aliphatic rings. The van der Waals surface area contributed by atoms with Gasteiger partial charge < -0.3 is 10.4 Å². The van der Waals surface area contributed by atoms with Gasteiger partial charge in [0.1, 0.15) is 0 Å². The predicted octanol–water partition coefficient (Wildman–Crippen LogP) is 1.88. The summed E-state index contributed by atoms with van der Waals surface area (Å²) < 4.78 is 0.991. The van der Waals surface area contributed by atoms with Crippen LogP contribution in [0.25, 0.3) is 0 Å². The third-order valence-corrected chi connectivity index (χ3v) is 3.55. The summed E-state index contributed by atoms with van der Waals surface area (Å²) in [6.45, 7) is 0.684. The standard InChI is InChI=1S/C13H16BrNO2/c14-11-3-1-2-9(4-11)7-13(17)15-8-10-5-12(16)6-10/h1-4,10,12,16H,5-8H2,(H,15,17). The third kappa shape index (κ3) is 3.82. The maximum absolute atomic E-state index is 11.7. The largest absolute Gasteiger partial charge is 0.393 e. The van der Waals surface area contributed by atoms with E-state index >= 15 is 0 Å². The third-order valence-electron chi connectivity index (χ3n) is 3.05. The van der Waals surface area contributed by atoms with E-state index in [0.29, 0.717) is 18.9 Å². The number of hydrogen-bond donors (Lipinski definition) is 2. The zero-order valence-corrected chi connectivity index (χ0v) is 11.1. The minimum absolute atomic E-state index is 0.0458. The Morgan fingerprint density at radius 3 is 2.88 bits per heavy atom. The number of aliphatic hydroxyl groups excluding tert-OH is 1. The van der Waals surface area contributed by atoms with E-state index in [9.17, 15) is 4.79 Å². The van der Waals surface area contributed by atoms with Crippen molar-refractivity contribution in [2.75, 3.05) is 6.54 Å². The summed E-state index contributed by atoms with van der Waals surface area (Å²) in [4.78, 5) is 11.7. The van der Waals surface area contributed by atoms with Crippen LogP contribution in [0, 0.1) is 5.92 Å². The van der Waals surface area contributed by atoms with Crippen LogP contribution < -0.4 is 5.32 Å². The molecule has 1 aromatic carbocycles. The van der Waals surface area contributed by atoms with Gasteiger partial charge in [0.25, 0.3) is 0 Å². The Morgan fingerprint density at radius 2 is 2.24 bits per heavy atom. The topological polar surface area (TPSA) is 49.3 Å². The van der Waals surface area contributed by atoms with Gasteiger partial charge in [-0.25, -0.2) is 0 Å². The SMILES string of the molecule is O=C(Cc1cccc(Br)c1)NCC1CC(O)C1. The number of nitrogens with one attached hydrogen (secondary N) is 1. The fraction of sp³-hybridized carbons (Fsp3) is 0.462. The lowest BCUT2D eigenvalue weighted by atomic mass is 9.82. The number of amides is 1. The molecule has 17 heavy (non-hydrogen) atoms. The molecule has 0 spiro atoms. The van der Waals surface area contributed by atoms with Gasteiger partial charge in [0.15, 0.2) is 0 Å². The molecule has 1 aromatic rings. The average Bonchev–Trinajstić information content (AvgIpc) is 2.23. The summed E-state index contributed by atoms with van der Waals surface area (Å²) in [5.41, 5.74) is 1.01. The molecule has 4 heteroatoms. The van der Waals surface area contributed by atoms with Crippen LogP contribution in [-0.2, 0) is 11.2 Å². The second kappa shape index (κ2) is 5.65. The van der Waals surface area contributed by atoms with E-state index in [2.05, 4.69) is 21.2 Å². The normalized spacial score (nSPS) is 22.9. The summed E-state index contributed by atoms with van der Waals surface area (Å²) in [6, 6.07) is 7.76. The highest BCUT2D eigenvalue weighted by molar-refractivity contribution is 9.10. The number of carbonyl (C=O) groups is 1. The van der Waals surface area contributed by atoms with Crippen LogP contribution in [0.3, 0.4) is 0 Å². The molecule has 0 unspecified atom stereocenters. The van der Waals surface area contributed by atoms with E-state index in [4.69, 9.17) is 5.11 Å². The van der Waals surface area contributed by atoms with Gasteiger partial charge in [-0.1, -0.05) is 28.1 Å². The molecule has 0 aromatic heterocycles. The summed E-state index contributed by atoms with van der Waals surface area (Å²) in [6.07, 6.45) is 1.89. The van der Waals surface area contributed by atoms with Gasteiger partial charge >= 0.3 is 0 Å². The van der Waals surface area contributed by atoms with Gasteiger partial charge in [-0.2, -0.15) is 0 Å². The first kappa shape index (κ1) is 12.6. The number of hydrogen-bond acceptors (Lipinski definition) is 2. The maximum atomic E-state index is 11.7. The highest BCUT2D eigenvalue weighted by atomic mass is 79.9. The van der Waals surface area contributed by atoms with Crippen LogP contribution in [0.15, 0.2) is 28.7 Å². The Hall–Kier alpha value is -0.870. The highest BCUT2D eigenvalue weighted by Gasteiger charge is 2.26. The van der Waals surface area contributed by atoms with Crippen molar-refractivity contribution in [1.29, 1.82) is 0 Å². The van der Waals surface area contributed by atoms with Crippen LogP contribution >= 0.6 is 15.9 Å². The van der Waals surface area contributed by atoms with E-state index in [-0.39, 0.29) is 12.0 Å². The van der Waals surface area contributed by atoms with Crippen molar-refractivity contribution in [2.45, 2.75) is 25.4 Å². The lowest BCUT2D eigenvalue weighted by Crippen LogP contribution is -2.38. The molecule has 2 rings (SSSR count). The van der Waals surface area contributed by atoms with Gasteiger partial charge in [-0.3, -0.25) is 4.79 Å². The second-order valence-corrected chi connectivity index (χ2v) is 5.52. The summed E-state index contributed by atoms with van der Waals surface area (Å²) in [7, 11) is 0. The smallest absolute Gasteiger partial charge is 0.224 e. The Balaban J connectivity index is 1.73. The molecule has 0 atom stereocenters. The van der Waals surface area contributed by atoms with Crippen LogP contribution in [0.1, 0.15) is 18.4 Å². The number of rotatable bonds is 4. The van der Waals surface area contributed by atoms with Gasteiger partial charge in [0.05, 0.1) is 12.5 Å². The molecule has 0 aliphatic heterocycles. The van der Waals surface area contributed by atoms with Crippen molar-refractivity contribution in [1.82, 2.24) is 5.32 Å². The molecular weight excluding hydrogens is 282 g/mol. The number of halogens is 1. The van der Waals surface area contributed by atoms with Crippen LogP contribution in [0.2, 0.25) is 0 Å². The first-order chi connectivity index (χ1) is 8.13. The Kier molecular flexibility index (Phi) is 4.18. The van der Waals surface area contributed by atoms with Crippen molar-refractivity contribution in [2.24, 2.45) is 5.92 Å². The molecule has 0 saturated heterocycles. The second-order valence-electron chi connectivity index (χ2n) is 4.60. The van der Waals surface area contributed by atoms with E-state index in [0.717, 1.165) is 22.9 Å². The van der Waals surface area contributed by atoms with Gasteiger partial charge in [-0.05, 0) is 36.5 Å². The van der Waals surface area contributed by atoms with Crippen molar-refractivity contribution in [3.8, 4) is 0 Å². The van der Waals surface area contributed by atoms with Crippen molar-refractivity contribution in [3.63, 3.8) is 0 Å². The quantitative estimate of drug-likeness (QED) is 0.891. The van der Waals surface area contributed by atoms with Gasteiger partial charge in [-0.15, -0.1) is 0 Å². The van der Waals surface area contributed by atoms with E-state index < -0.39 is 0 Å². The van der Waals surface area contributed by atoms with E-state index in [1.807, 2.05) is 24.3 Å². The summed E-state index contributed by atoms with van der Waals surface area (Å²) in [5.74, 6) is 0.501. The first-order valence-corrected chi connectivity index (χ1v) is 6.62. The molecule has 1 fully saturated rings. The molecule has 2 N–H and O–H groups in total. The summed E-state index contributed by atoms with van der Waals surface area (Å²) >= 11 is 3.38. The number of carbonyl (C=O) groups excluding carboxylic acids is 1. The average molecular weight is 298 g/mol. The van der Waals surface area contributed by atoms with Gasteiger partial charge in [0, 0.05) is 11.0 Å². The Bertz CT molecular complexity index is 402.